The van der Waals surface area contributed by atoms with Gasteiger partial charge in [-0.1, -0.05) is 12.1 Å². The van der Waals surface area contributed by atoms with E-state index in [1.807, 2.05) is 12.1 Å². The minimum absolute atomic E-state index is 0.253. The minimum atomic E-state index is -0.299. The Labute approximate surface area is 106 Å². The zero-order valence-corrected chi connectivity index (χ0v) is 10.6. The lowest BCUT2D eigenvalue weighted by Crippen LogP contribution is -2.11. The third-order valence-electron chi connectivity index (χ3n) is 1.95. The minimum Gasteiger partial charge on any atom is -0.444 e. The number of hydrogen-bond acceptors (Lipinski definition) is 3. The quantitative estimate of drug-likeness (QED) is 0.832. The molecule has 1 aromatic heterocycles. The van der Waals surface area contributed by atoms with Gasteiger partial charge >= 0.3 is 0 Å². The van der Waals surface area contributed by atoms with Crippen LogP contribution in [0.4, 0.5) is 5.69 Å². The lowest BCUT2D eigenvalue weighted by Gasteiger charge is -2.05. The molecule has 0 radical (unpaired) electrons. The van der Waals surface area contributed by atoms with Crippen LogP contribution < -0.4 is 5.32 Å². The van der Waals surface area contributed by atoms with Crippen LogP contribution in [0.5, 0.6) is 0 Å². The summed E-state index contributed by atoms with van der Waals surface area (Å²) in [5.74, 6) is -0.0457. The van der Waals surface area contributed by atoms with Crippen LogP contribution >= 0.6 is 28.6 Å². The second-order valence-corrected chi connectivity index (χ2v) is 4.34. The monoisotopic (exact) mass is 297 g/mol. The number of thiol groups is 1. The maximum absolute atomic E-state index is 11.7. The number of amides is 1. The van der Waals surface area contributed by atoms with Crippen LogP contribution in [-0.4, -0.2) is 5.91 Å². The number of nitrogens with one attached hydrogen (secondary N) is 1. The number of rotatable bonds is 2. The Morgan fingerprint density at radius 3 is 2.62 bits per heavy atom. The van der Waals surface area contributed by atoms with Crippen LogP contribution in [0.3, 0.4) is 0 Å². The molecule has 0 bridgehead atoms. The van der Waals surface area contributed by atoms with Crippen molar-refractivity contribution < 1.29 is 9.21 Å². The largest absolute Gasteiger partial charge is 0.444 e. The number of halogens is 1. The predicted molar refractivity (Wildman–Crippen MR) is 68.1 cm³/mol. The van der Waals surface area contributed by atoms with E-state index in [-0.39, 0.29) is 11.7 Å². The van der Waals surface area contributed by atoms with E-state index in [1.165, 1.54) is 0 Å². The summed E-state index contributed by atoms with van der Waals surface area (Å²) in [5, 5.41) is 2.71. The molecule has 3 nitrogen and oxygen atoms in total. The van der Waals surface area contributed by atoms with E-state index in [4.69, 9.17) is 4.42 Å². The Morgan fingerprint density at radius 2 is 2.00 bits per heavy atom. The van der Waals surface area contributed by atoms with E-state index in [0.717, 1.165) is 0 Å². The highest BCUT2D eigenvalue weighted by molar-refractivity contribution is 9.10. The van der Waals surface area contributed by atoms with Gasteiger partial charge in [-0.15, -0.1) is 12.6 Å². The van der Waals surface area contributed by atoms with Crippen LogP contribution in [0.2, 0.25) is 0 Å². The number of carbonyl (C=O) groups excluding carboxylic acids is 1. The fourth-order valence-electron chi connectivity index (χ4n) is 1.20. The van der Waals surface area contributed by atoms with Crippen molar-refractivity contribution in [1.29, 1.82) is 0 Å². The average Bonchev–Trinajstić information content (AvgIpc) is 2.68. The fraction of sp³-hybridized carbons (Fsp3) is 0. The van der Waals surface area contributed by atoms with Gasteiger partial charge < -0.3 is 9.73 Å². The Bertz CT molecular complexity index is 524. The molecule has 0 aliphatic heterocycles. The Kier molecular flexibility index (Phi) is 3.36. The smallest absolute Gasteiger partial charge is 0.291 e. The first-order chi connectivity index (χ1) is 7.66. The number of furan rings is 1. The molecule has 2 aromatic rings. The maximum Gasteiger partial charge on any atom is 0.291 e. The molecule has 1 N–H and O–H groups in total. The number of benzene rings is 1. The molecule has 0 saturated carbocycles. The summed E-state index contributed by atoms with van der Waals surface area (Å²) in [5.41, 5.74) is 0.656. The summed E-state index contributed by atoms with van der Waals surface area (Å²) < 4.78 is 5.66. The molecule has 0 spiro atoms. The molecule has 0 aliphatic rings. The first-order valence-electron chi connectivity index (χ1n) is 4.51. The first kappa shape index (κ1) is 11.3. The van der Waals surface area contributed by atoms with Gasteiger partial charge in [0, 0.05) is 4.90 Å². The number of anilines is 1. The van der Waals surface area contributed by atoms with Crippen molar-refractivity contribution in [3.05, 3.63) is 46.8 Å². The van der Waals surface area contributed by atoms with Crippen LogP contribution in [0.15, 0.2) is 50.4 Å². The normalized spacial score (nSPS) is 10.1. The molecule has 5 heteroatoms. The summed E-state index contributed by atoms with van der Waals surface area (Å²) in [6.45, 7) is 0. The summed E-state index contributed by atoms with van der Waals surface area (Å²) in [6.07, 6.45) is 0. The van der Waals surface area contributed by atoms with E-state index in [2.05, 4.69) is 33.9 Å². The van der Waals surface area contributed by atoms with E-state index in [0.29, 0.717) is 15.3 Å². The van der Waals surface area contributed by atoms with Gasteiger partial charge in [0.1, 0.15) is 0 Å². The molecule has 1 amide bonds. The third kappa shape index (κ3) is 2.48. The molecule has 2 rings (SSSR count). The van der Waals surface area contributed by atoms with E-state index < -0.39 is 0 Å². The van der Waals surface area contributed by atoms with Crippen molar-refractivity contribution in [2.75, 3.05) is 5.32 Å². The van der Waals surface area contributed by atoms with Gasteiger partial charge in [0.15, 0.2) is 10.4 Å². The number of hydrogen-bond donors (Lipinski definition) is 2. The first-order valence-corrected chi connectivity index (χ1v) is 5.75. The fourth-order valence-corrected chi connectivity index (χ4v) is 1.72. The van der Waals surface area contributed by atoms with Crippen LogP contribution in [0, 0.1) is 0 Å². The van der Waals surface area contributed by atoms with Gasteiger partial charge in [0.2, 0.25) is 0 Å². The van der Waals surface area contributed by atoms with Crippen molar-refractivity contribution in [2.45, 2.75) is 4.90 Å². The third-order valence-corrected chi connectivity index (χ3v) is 2.77. The number of para-hydroxylation sites is 1. The average molecular weight is 298 g/mol. The van der Waals surface area contributed by atoms with Crippen LogP contribution in [0.25, 0.3) is 0 Å². The molecule has 1 aromatic carbocycles. The Hall–Kier alpha value is -1.20. The lowest BCUT2D eigenvalue weighted by atomic mass is 10.3. The SMILES string of the molecule is O=C(Nc1ccccc1S)c1ccc(Br)o1. The van der Waals surface area contributed by atoms with Crippen molar-refractivity contribution in [1.82, 2.24) is 0 Å². The van der Waals surface area contributed by atoms with Gasteiger partial charge in [-0.2, -0.15) is 0 Å². The van der Waals surface area contributed by atoms with Crippen molar-refractivity contribution in [2.24, 2.45) is 0 Å². The van der Waals surface area contributed by atoms with Crippen molar-refractivity contribution >= 4 is 40.2 Å². The number of carbonyl (C=O) groups is 1. The zero-order chi connectivity index (χ0) is 11.5. The van der Waals surface area contributed by atoms with Crippen molar-refractivity contribution in [3.8, 4) is 0 Å². The maximum atomic E-state index is 11.7. The molecule has 0 saturated heterocycles. The van der Waals surface area contributed by atoms with Gasteiger partial charge in [-0.25, -0.2) is 0 Å². The molecule has 16 heavy (non-hydrogen) atoms. The van der Waals surface area contributed by atoms with Gasteiger partial charge in [0.05, 0.1) is 5.69 Å². The predicted octanol–water partition coefficient (Wildman–Crippen LogP) is 3.58. The molecule has 0 fully saturated rings. The second kappa shape index (κ2) is 4.76. The van der Waals surface area contributed by atoms with Gasteiger partial charge in [0.25, 0.3) is 5.91 Å². The molecule has 0 unspecified atom stereocenters. The zero-order valence-electron chi connectivity index (χ0n) is 8.11. The standard InChI is InChI=1S/C11H8BrNO2S/c12-10-6-5-8(15-10)11(14)13-7-3-1-2-4-9(7)16/h1-6,16H,(H,13,14). The van der Waals surface area contributed by atoms with Gasteiger partial charge in [-0.3, -0.25) is 4.79 Å². The van der Waals surface area contributed by atoms with Gasteiger partial charge in [-0.05, 0) is 40.2 Å². The highest BCUT2D eigenvalue weighted by Gasteiger charge is 2.11. The van der Waals surface area contributed by atoms with E-state index in [9.17, 15) is 4.79 Å². The second-order valence-electron chi connectivity index (χ2n) is 3.08. The summed E-state index contributed by atoms with van der Waals surface area (Å²) in [4.78, 5) is 12.4. The van der Waals surface area contributed by atoms with E-state index >= 15 is 0 Å². The van der Waals surface area contributed by atoms with Crippen LogP contribution in [-0.2, 0) is 0 Å². The molecular weight excluding hydrogens is 290 g/mol. The van der Waals surface area contributed by atoms with Crippen molar-refractivity contribution in [3.63, 3.8) is 0 Å². The molecule has 1 heterocycles. The highest BCUT2D eigenvalue weighted by atomic mass is 79.9. The molecule has 0 atom stereocenters. The Morgan fingerprint density at radius 1 is 1.25 bits per heavy atom. The highest BCUT2D eigenvalue weighted by Crippen LogP contribution is 2.20. The molecular formula is C11H8BrNO2S. The molecule has 82 valence electrons. The van der Waals surface area contributed by atoms with E-state index in [1.54, 1.807) is 24.3 Å². The topological polar surface area (TPSA) is 42.2 Å². The summed E-state index contributed by atoms with van der Waals surface area (Å²) in [7, 11) is 0. The molecule has 0 aliphatic carbocycles. The lowest BCUT2D eigenvalue weighted by molar-refractivity contribution is 0.0995. The van der Waals surface area contributed by atoms with Crippen LogP contribution in [0.1, 0.15) is 10.6 Å². The summed E-state index contributed by atoms with van der Waals surface area (Å²) in [6, 6.07) is 10.5. The Balaban J connectivity index is 2.17. The summed E-state index contributed by atoms with van der Waals surface area (Å²) >= 11 is 7.37.